The third-order valence-electron chi connectivity index (χ3n) is 2.47. The predicted octanol–water partition coefficient (Wildman–Crippen LogP) is 2.18. The number of ketones is 1. The van der Waals surface area contributed by atoms with Crippen molar-refractivity contribution in [1.82, 2.24) is 5.32 Å². The molecule has 1 aromatic carbocycles. The van der Waals surface area contributed by atoms with Gasteiger partial charge < -0.3 is 14.8 Å². The molecule has 0 spiro atoms. The van der Waals surface area contributed by atoms with Crippen molar-refractivity contribution in [3.8, 4) is 11.5 Å². The van der Waals surface area contributed by atoms with Crippen molar-refractivity contribution in [1.29, 1.82) is 0 Å². The van der Waals surface area contributed by atoms with Gasteiger partial charge in [-0.05, 0) is 20.0 Å². The highest BCUT2D eigenvalue weighted by atomic mass is 79.9. The molecular weight excluding hydrogens is 286 g/mol. The van der Waals surface area contributed by atoms with Crippen molar-refractivity contribution in [2.75, 3.05) is 27.8 Å². The highest BCUT2D eigenvalue weighted by Gasteiger charge is 2.20. The van der Waals surface area contributed by atoms with Crippen LogP contribution >= 0.6 is 15.9 Å². The average molecular weight is 302 g/mol. The first-order valence-corrected chi connectivity index (χ1v) is 5.95. The van der Waals surface area contributed by atoms with Gasteiger partial charge in [0.25, 0.3) is 0 Å². The molecule has 1 rings (SSSR count). The Balaban J connectivity index is 3.39. The van der Waals surface area contributed by atoms with E-state index >= 15 is 0 Å². The normalized spacial score (nSPS) is 10.2. The Bertz CT molecular complexity index is 432. The van der Waals surface area contributed by atoms with Gasteiger partial charge in [-0.25, -0.2) is 0 Å². The first-order chi connectivity index (χ1) is 8.06. The molecule has 0 heterocycles. The van der Waals surface area contributed by atoms with E-state index in [1.165, 1.54) is 7.11 Å². The topological polar surface area (TPSA) is 47.6 Å². The molecule has 4 nitrogen and oxygen atoms in total. The Morgan fingerprint density at radius 2 is 1.94 bits per heavy atom. The largest absolute Gasteiger partial charge is 0.493 e. The number of likely N-dealkylation sites (N-methyl/N-ethyl adjacent to an activating group) is 1. The number of methoxy groups -OCH3 is 2. The van der Waals surface area contributed by atoms with Crippen LogP contribution in [0.25, 0.3) is 0 Å². The molecule has 0 amide bonds. The predicted molar refractivity (Wildman–Crippen MR) is 70.2 cm³/mol. The van der Waals surface area contributed by atoms with Crippen LogP contribution in [0.4, 0.5) is 0 Å². The van der Waals surface area contributed by atoms with E-state index in [1.807, 2.05) is 6.92 Å². The van der Waals surface area contributed by atoms with E-state index in [9.17, 15) is 4.79 Å². The van der Waals surface area contributed by atoms with Crippen molar-refractivity contribution in [3.05, 3.63) is 21.7 Å². The van der Waals surface area contributed by atoms with E-state index in [-0.39, 0.29) is 12.3 Å². The highest BCUT2D eigenvalue weighted by molar-refractivity contribution is 9.10. The molecule has 0 bridgehead atoms. The number of rotatable bonds is 5. The number of benzene rings is 1. The molecule has 0 aromatic heterocycles. The minimum Gasteiger partial charge on any atom is -0.493 e. The molecule has 5 heteroatoms. The van der Waals surface area contributed by atoms with Gasteiger partial charge in [-0.2, -0.15) is 0 Å². The van der Waals surface area contributed by atoms with Gasteiger partial charge >= 0.3 is 0 Å². The van der Waals surface area contributed by atoms with Crippen molar-refractivity contribution in [2.24, 2.45) is 0 Å². The second-order valence-corrected chi connectivity index (χ2v) is 4.41. The summed E-state index contributed by atoms with van der Waals surface area (Å²) in [5.41, 5.74) is 1.42. The Morgan fingerprint density at radius 3 is 2.41 bits per heavy atom. The fraction of sp³-hybridized carbons (Fsp3) is 0.417. The molecule has 0 aliphatic rings. The van der Waals surface area contributed by atoms with Crippen LogP contribution in [0.2, 0.25) is 0 Å². The van der Waals surface area contributed by atoms with E-state index in [1.54, 1.807) is 20.2 Å². The first kappa shape index (κ1) is 14.0. The van der Waals surface area contributed by atoms with Crippen molar-refractivity contribution < 1.29 is 14.3 Å². The number of ether oxygens (including phenoxy) is 2. The van der Waals surface area contributed by atoms with Gasteiger partial charge in [0.05, 0.1) is 26.3 Å². The molecular formula is C12H16BrNO3. The molecule has 0 radical (unpaired) electrons. The lowest BCUT2D eigenvalue weighted by atomic mass is 10.1. The third-order valence-corrected chi connectivity index (χ3v) is 3.29. The highest BCUT2D eigenvalue weighted by Crippen LogP contribution is 2.38. The van der Waals surface area contributed by atoms with Gasteiger partial charge in [0.15, 0.2) is 17.3 Å². The summed E-state index contributed by atoms with van der Waals surface area (Å²) in [7, 11) is 4.82. The van der Waals surface area contributed by atoms with Crippen LogP contribution in [0.5, 0.6) is 11.5 Å². The van der Waals surface area contributed by atoms with Crippen LogP contribution in [0, 0.1) is 6.92 Å². The zero-order valence-electron chi connectivity index (χ0n) is 10.4. The van der Waals surface area contributed by atoms with Gasteiger partial charge in [0.1, 0.15) is 0 Å². The Labute approximate surface area is 109 Å². The number of Topliss-reactive ketones (excluding diaryl/α,β-unsaturated/α-hetero) is 1. The molecule has 0 saturated heterocycles. The Morgan fingerprint density at radius 1 is 1.35 bits per heavy atom. The molecule has 17 heavy (non-hydrogen) atoms. The van der Waals surface area contributed by atoms with Gasteiger partial charge in [-0.3, -0.25) is 4.79 Å². The second-order valence-electron chi connectivity index (χ2n) is 3.55. The number of carbonyl (C=O) groups is 1. The van der Waals surface area contributed by atoms with Gasteiger partial charge in [0.2, 0.25) is 0 Å². The van der Waals surface area contributed by atoms with Crippen molar-refractivity contribution in [2.45, 2.75) is 6.92 Å². The van der Waals surface area contributed by atoms with Crippen LogP contribution in [-0.4, -0.2) is 33.6 Å². The number of nitrogens with one attached hydrogen (secondary N) is 1. The van der Waals surface area contributed by atoms with Crippen LogP contribution < -0.4 is 14.8 Å². The molecule has 0 atom stereocenters. The lowest BCUT2D eigenvalue weighted by molar-refractivity contribution is 0.0990. The molecule has 94 valence electrons. The standard InChI is InChI=1S/C12H16BrNO3/c1-7-9(13)5-8(10(15)6-14-2)12(17-4)11(7)16-3/h5,14H,6H2,1-4H3. The minimum atomic E-state index is -0.0386. The maximum Gasteiger partial charge on any atom is 0.180 e. The maximum absolute atomic E-state index is 11.9. The molecule has 0 unspecified atom stereocenters. The second kappa shape index (κ2) is 6.02. The van der Waals surface area contributed by atoms with Crippen LogP contribution in [0.1, 0.15) is 15.9 Å². The molecule has 0 aliphatic heterocycles. The number of halogens is 1. The van der Waals surface area contributed by atoms with E-state index in [4.69, 9.17) is 9.47 Å². The summed E-state index contributed by atoms with van der Waals surface area (Å²) in [6.07, 6.45) is 0. The fourth-order valence-electron chi connectivity index (χ4n) is 1.61. The quantitative estimate of drug-likeness (QED) is 0.847. The SMILES string of the molecule is CNCC(=O)c1cc(Br)c(C)c(OC)c1OC. The van der Waals surface area contributed by atoms with Crippen molar-refractivity contribution >= 4 is 21.7 Å². The number of hydrogen-bond donors (Lipinski definition) is 1. The van der Waals surface area contributed by atoms with E-state index in [0.717, 1.165) is 10.0 Å². The Hall–Kier alpha value is -1.07. The smallest absolute Gasteiger partial charge is 0.180 e. The van der Waals surface area contributed by atoms with E-state index < -0.39 is 0 Å². The van der Waals surface area contributed by atoms with Crippen molar-refractivity contribution in [3.63, 3.8) is 0 Å². The lowest BCUT2D eigenvalue weighted by Gasteiger charge is -2.15. The lowest BCUT2D eigenvalue weighted by Crippen LogP contribution is -2.19. The summed E-state index contributed by atoms with van der Waals surface area (Å²) in [5.74, 6) is 1.03. The number of carbonyl (C=O) groups excluding carboxylic acids is 1. The minimum absolute atomic E-state index is 0.0386. The molecule has 0 saturated carbocycles. The summed E-state index contributed by atoms with van der Waals surface area (Å²) < 4.78 is 11.4. The summed E-state index contributed by atoms with van der Waals surface area (Å²) in [6, 6.07) is 1.76. The average Bonchev–Trinajstić information content (AvgIpc) is 2.32. The zero-order valence-corrected chi connectivity index (χ0v) is 12.0. The summed E-state index contributed by atoms with van der Waals surface area (Å²) in [5, 5.41) is 2.83. The zero-order chi connectivity index (χ0) is 13.0. The molecule has 0 fully saturated rings. The van der Waals surface area contributed by atoms with E-state index in [0.29, 0.717) is 17.1 Å². The summed E-state index contributed by atoms with van der Waals surface area (Å²) in [6.45, 7) is 2.16. The monoisotopic (exact) mass is 301 g/mol. The summed E-state index contributed by atoms with van der Waals surface area (Å²) >= 11 is 3.41. The number of hydrogen-bond acceptors (Lipinski definition) is 4. The Kier molecular flexibility index (Phi) is 4.96. The first-order valence-electron chi connectivity index (χ1n) is 5.15. The van der Waals surface area contributed by atoms with Gasteiger partial charge in [0, 0.05) is 10.0 Å². The molecule has 1 aromatic rings. The molecule has 1 N–H and O–H groups in total. The van der Waals surface area contributed by atoms with Crippen LogP contribution in [0.15, 0.2) is 10.5 Å². The maximum atomic E-state index is 11.9. The fourth-order valence-corrected chi connectivity index (χ4v) is 2.02. The summed E-state index contributed by atoms with van der Waals surface area (Å²) in [4.78, 5) is 11.9. The van der Waals surface area contributed by atoms with Gasteiger partial charge in [-0.1, -0.05) is 15.9 Å². The third kappa shape index (κ3) is 2.79. The van der Waals surface area contributed by atoms with Crippen LogP contribution in [0.3, 0.4) is 0 Å². The van der Waals surface area contributed by atoms with Crippen LogP contribution in [-0.2, 0) is 0 Å². The molecule has 0 aliphatic carbocycles. The van der Waals surface area contributed by atoms with Gasteiger partial charge in [-0.15, -0.1) is 0 Å². The van der Waals surface area contributed by atoms with E-state index in [2.05, 4.69) is 21.2 Å².